The average molecular weight is 292 g/mol. The first-order chi connectivity index (χ1) is 8.37. The molecular formula is C11H14ClNO4S. The molecule has 1 atom stereocenters. The molecule has 1 heterocycles. The van der Waals surface area contributed by atoms with Crippen molar-refractivity contribution in [1.82, 2.24) is 0 Å². The van der Waals surface area contributed by atoms with E-state index in [1.165, 1.54) is 0 Å². The van der Waals surface area contributed by atoms with Crippen LogP contribution in [0.1, 0.15) is 13.3 Å². The zero-order valence-electron chi connectivity index (χ0n) is 9.84. The van der Waals surface area contributed by atoms with Gasteiger partial charge in [-0.3, -0.25) is 4.55 Å². The molecule has 0 radical (unpaired) electrons. The molecule has 2 rings (SSSR count). The van der Waals surface area contributed by atoms with Crippen LogP contribution in [0.15, 0.2) is 18.2 Å². The van der Waals surface area contributed by atoms with Gasteiger partial charge in [-0.15, -0.1) is 0 Å². The van der Waals surface area contributed by atoms with E-state index in [9.17, 15) is 8.42 Å². The minimum Gasteiger partial charge on any atom is -0.469 e. The van der Waals surface area contributed by atoms with Crippen molar-refractivity contribution in [2.45, 2.75) is 19.6 Å². The summed E-state index contributed by atoms with van der Waals surface area (Å²) in [6.07, 6.45) is 0.165. The molecule has 1 aliphatic heterocycles. The van der Waals surface area contributed by atoms with Crippen molar-refractivity contribution in [3.63, 3.8) is 0 Å². The minimum absolute atomic E-state index is 0.167. The molecule has 5 nitrogen and oxygen atoms in total. The number of fused-ring (bicyclic) bond motifs is 1. The summed E-state index contributed by atoms with van der Waals surface area (Å²) in [5.41, 5.74) is 0.852. The smallest absolute Gasteiger partial charge is 0.264 e. The molecule has 0 amide bonds. The van der Waals surface area contributed by atoms with Crippen molar-refractivity contribution in [2.24, 2.45) is 0 Å². The van der Waals surface area contributed by atoms with Crippen LogP contribution in [0, 0.1) is 0 Å². The van der Waals surface area contributed by atoms with E-state index in [2.05, 4.69) is 0 Å². The summed E-state index contributed by atoms with van der Waals surface area (Å²) in [6.45, 7) is 2.36. The summed E-state index contributed by atoms with van der Waals surface area (Å²) in [5, 5.41) is 0.603. The van der Waals surface area contributed by atoms with Gasteiger partial charge < -0.3 is 9.64 Å². The molecule has 7 heteroatoms. The van der Waals surface area contributed by atoms with Gasteiger partial charge in [0.15, 0.2) is 6.23 Å². The second-order valence-corrected chi connectivity index (χ2v) is 6.17. The lowest BCUT2D eigenvalue weighted by atomic mass is 10.2. The Morgan fingerprint density at radius 2 is 2.22 bits per heavy atom. The van der Waals surface area contributed by atoms with E-state index < -0.39 is 10.1 Å². The Labute approximate surface area is 111 Å². The Kier molecular flexibility index (Phi) is 3.70. The largest absolute Gasteiger partial charge is 0.469 e. The topological polar surface area (TPSA) is 66.8 Å². The molecule has 100 valence electrons. The third-order valence-corrected chi connectivity index (χ3v) is 3.81. The van der Waals surface area contributed by atoms with E-state index in [-0.39, 0.29) is 12.0 Å². The maximum absolute atomic E-state index is 10.7. The molecule has 1 aromatic rings. The number of anilines is 1. The van der Waals surface area contributed by atoms with Crippen molar-refractivity contribution < 1.29 is 17.7 Å². The number of hydrogen-bond donors (Lipinski definition) is 1. The van der Waals surface area contributed by atoms with Crippen LogP contribution < -0.4 is 9.64 Å². The summed E-state index contributed by atoms with van der Waals surface area (Å²) >= 11 is 5.92. The van der Waals surface area contributed by atoms with Crippen LogP contribution in [0.5, 0.6) is 5.75 Å². The fourth-order valence-corrected chi connectivity index (χ4v) is 2.64. The van der Waals surface area contributed by atoms with Gasteiger partial charge in [-0.05, 0) is 31.5 Å². The van der Waals surface area contributed by atoms with Crippen LogP contribution in [0.25, 0.3) is 0 Å². The van der Waals surface area contributed by atoms with Crippen LogP contribution in [0.2, 0.25) is 5.02 Å². The molecule has 1 N–H and O–H groups in total. The number of halogens is 1. The molecule has 1 aromatic carbocycles. The van der Waals surface area contributed by atoms with Gasteiger partial charge >= 0.3 is 0 Å². The molecule has 18 heavy (non-hydrogen) atoms. The molecular weight excluding hydrogens is 278 g/mol. The molecule has 0 spiro atoms. The molecule has 1 aliphatic rings. The summed E-state index contributed by atoms with van der Waals surface area (Å²) < 4.78 is 35.7. The molecule has 0 saturated carbocycles. The third-order valence-electron chi connectivity index (χ3n) is 2.77. The Morgan fingerprint density at radius 3 is 2.89 bits per heavy atom. The first-order valence-corrected chi connectivity index (χ1v) is 7.53. The normalized spacial score (nSPS) is 18.6. The van der Waals surface area contributed by atoms with Gasteiger partial charge in [-0.2, -0.15) is 8.42 Å². The van der Waals surface area contributed by atoms with Gasteiger partial charge in [0.1, 0.15) is 5.75 Å². The monoisotopic (exact) mass is 291 g/mol. The average Bonchev–Trinajstić information content (AvgIpc) is 2.54. The van der Waals surface area contributed by atoms with Gasteiger partial charge in [-0.1, -0.05) is 11.6 Å². The van der Waals surface area contributed by atoms with Crippen LogP contribution in [0.4, 0.5) is 5.69 Å². The number of nitrogens with zero attached hydrogens (tertiary/aromatic N) is 1. The maximum atomic E-state index is 10.7. The van der Waals surface area contributed by atoms with E-state index >= 15 is 0 Å². The van der Waals surface area contributed by atoms with Crippen LogP contribution in [-0.4, -0.2) is 31.5 Å². The van der Waals surface area contributed by atoms with E-state index in [1.807, 2.05) is 11.8 Å². The summed E-state index contributed by atoms with van der Waals surface area (Å²) in [6, 6.07) is 5.32. The highest BCUT2D eigenvalue weighted by atomic mass is 35.5. The standard InChI is InChI=1S/C11H14ClNO4S/c1-8-13(5-2-6-18(14,15)16)10-7-9(12)3-4-11(10)17-8/h3-4,7-8H,2,5-6H2,1H3,(H,14,15,16). The van der Waals surface area contributed by atoms with E-state index in [1.54, 1.807) is 18.2 Å². The second-order valence-electron chi connectivity index (χ2n) is 4.16. The fourth-order valence-electron chi connectivity index (χ4n) is 1.98. The van der Waals surface area contributed by atoms with Crippen molar-refractivity contribution in [3.8, 4) is 5.75 Å². The Hall–Kier alpha value is -0.980. The summed E-state index contributed by atoms with van der Waals surface area (Å²) in [7, 11) is -3.91. The van der Waals surface area contributed by atoms with Crippen molar-refractivity contribution in [2.75, 3.05) is 17.2 Å². The molecule has 0 aliphatic carbocycles. The number of rotatable bonds is 4. The first kappa shape index (κ1) is 13.5. The van der Waals surface area contributed by atoms with Crippen molar-refractivity contribution in [3.05, 3.63) is 23.2 Å². The van der Waals surface area contributed by atoms with Gasteiger partial charge in [0.2, 0.25) is 0 Å². The molecule has 0 saturated heterocycles. The lowest BCUT2D eigenvalue weighted by Crippen LogP contribution is -2.33. The maximum Gasteiger partial charge on any atom is 0.264 e. The summed E-state index contributed by atoms with van der Waals surface area (Å²) in [4.78, 5) is 1.92. The first-order valence-electron chi connectivity index (χ1n) is 5.55. The highest BCUT2D eigenvalue weighted by molar-refractivity contribution is 7.85. The second kappa shape index (κ2) is 4.95. The molecule has 0 fully saturated rings. The van der Waals surface area contributed by atoms with Gasteiger partial charge in [0, 0.05) is 11.6 Å². The number of benzene rings is 1. The zero-order valence-corrected chi connectivity index (χ0v) is 11.4. The van der Waals surface area contributed by atoms with Crippen LogP contribution in [0.3, 0.4) is 0 Å². The number of hydrogen-bond acceptors (Lipinski definition) is 4. The molecule has 1 unspecified atom stereocenters. The predicted molar refractivity (Wildman–Crippen MR) is 69.9 cm³/mol. The summed E-state index contributed by atoms with van der Waals surface area (Å²) in [5.74, 6) is 0.477. The van der Waals surface area contributed by atoms with E-state index in [0.717, 1.165) is 11.4 Å². The van der Waals surface area contributed by atoms with E-state index in [4.69, 9.17) is 20.9 Å². The Balaban J connectivity index is 2.08. The third kappa shape index (κ3) is 3.07. The lowest BCUT2D eigenvalue weighted by molar-refractivity contribution is 0.244. The highest BCUT2D eigenvalue weighted by Crippen LogP contribution is 2.38. The fraction of sp³-hybridized carbons (Fsp3) is 0.455. The van der Waals surface area contributed by atoms with E-state index in [0.29, 0.717) is 18.0 Å². The molecule has 0 aromatic heterocycles. The zero-order chi connectivity index (χ0) is 13.3. The van der Waals surface area contributed by atoms with Gasteiger partial charge in [0.25, 0.3) is 10.1 Å². The predicted octanol–water partition coefficient (Wildman–Crippen LogP) is 2.16. The SMILES string of the molecule is CC1Oc2ccc(Cl)cc2N1CCCS(=O)(=O)O. The van der Waals surface area contributed by atoms with Gasteiger partial charge in [-0.25, -0.2) is 0 Å². The highest BCUT2D eigenvalue weighted by Gasteiger charge is 2.27. The number of ether oxygens (including phenoxy) is 1. The van der Waals surface area contributed by atoms with Crippen molar-refractivity contribution >= 4 is 27.4 Å². The Morgan fingerprint density at radius 1 is 1.50 bits per heavy atom. The quantitative estimate of drug-likeness (QED) is 0.861. The minimum atomic E-state index is -3.91. The van der Waals surface area contributed by atoms with Crippen molar-refractivity contribution in [1.29, 1.82) is 0 Å². The molecule has 0 bridgehead atoms. The lowest BCUT2D eigenvalue weighted by Gasteiger charge is -2.21. The van der Waals surface area contributed by atoms with Crippen LogP contribution >= 0.6 is 11.6 Å². The van der Waals surface area contributed by atoms with Gasteiger partial charge in [0.05, 0.1) is 11.4 Å². The Bertz CT molecular complexity index is 546. The van der Waals surface area contributed by atoms with Crippen LogP contribution in [-0.2, 0) is 10.1 Å².